The zero-order valence-corrected chi connectivity index (χ0v) is 15.2. The molecule has 4 nitrogen and oxygen atoms in total. The third-order valence-electron chi connectivity index (χ3n) is 2.53. The van der Waals surface area contributed by atoms with Gasteiger partial charge in [0.2, 0.25) is 12.3 Å². The highest BCUT2D eigenvalue weighted by Crippen LogP contribution is 2.34. The zero-order valence-electron chi connectivity index (χ0n) is 15.2. The molecule has 0 amide bonds. The van der Waals surface area contributed by atoms with Crippen molar-refractivity contribution in [1.29, 1.82) is 0 Å². The summed E-state index contributed by atoms with van der Waals surface area (Å²) in [5, 5.41) is 0. The number of halogens is 12. The molecule has 0 aromatic heterocycles. The van der Waals surface area contributed by atoms with Gasteiger partial charge in [0.1, 0.15) is 0 Å². The van der Waals surface area contributed by atoms with Crippen LogP contribution >= 0.6 is 0 Å². The van der Waals surface area contributed by atoms with Crippen LogP contribution in [0.25, 0.3) is 0 Å². The number of rotatable bonds is 8. The van der Waals surface area contributed by atoms with Crippen molar-refractivity contribution in [2.75, 3.05) is 0 Å². The van der Waals surface area contributed by atoms with Crippen molar-refractivity contribution in [3.05, 3.63) is 24.8 Å². The first-order valence-electron chi connectivity index (χ1n) is 7.45. The average Bonchev–Trinajstić information content (AvgIpc) is 2.51. The highest BCUT2D eigenvalue weighted by atomic mass is 19.4. The lowest BCUT2D eigenvalue weighted by molar-refractivity contribution is -0.275. The van der Waals surface area contributed by atoms with E-state index >= 15 is 0 Å². The normalized spacial score (nSPS) is 14.5. The Morgan fingerprint density at radius 2 is 1.13 bits per heavy atom. The van der Waals surface area contributed by atoms with Gasteiger partial charge < -0.3 is 9.47 Å². The molecule has 0 saturated heterocycles. The number of hydrogen-bond acceptors (Lipinski definition) is 4. The maximum Gasteiger partial charge on any atom is 0.432 e. The lowest BCUT2D eigenvalue weighted by Gasteiger charge is -2.21. The molecule has 0 aliphatic carbocycles. The minimum Gasteiger partial charge on any atom is -0.395 e. The van der Waals surface area contributed by atoms with Gasteiger partial charge in [0.15, 0.2) is 0 Å². The lowest BCUT2D eigenvalue weighted by atomic mass is 10.2. The third-order valence-corrected chi connectivity index (χ3v) is 2.53. The van der Waals surface area contributed by atoms with Crippen molar-refractivity contribution in [2.24, 2.45) is 0 Å². The molecule has 0 N–H and O–H groups in total. The van der Waals surface area contributed by atoms with Gasteiger partial charge in [-0.3, -0.25) is 0 Å². The summed E-state index contributed by atoms with van der Waals surface area (Å²) in [6, 6.07) is 0. The molecule has 0 heterocycles. The van der Waals surface area contributed by atoms with Crippen LogP contribution in [0.2, 0.25) is 0 Å². The Kier molecular flexibility index (Phi) is 11.2. The Bertz CT molecular complexity index is 639. The second-order valence-electron chi connectivity index (χ2n) is 5.49. The van der Waals surface area contributed by atoms with E-state index in [1.807, 2.05) is 0 Å². The molecule has 0 rings (SSSR count). The average molecular weight is 486 g/mol. The Labute approximate surface area is 166 Å². The van der Waals surface area contributed by atoms with Gasteiger partial charge in [0.05, 0.1) is 12.8 Å². The Hall–Kier alpha value is -2.42. The van der Waals surface area contributed by atoms with Gasteiger partial charge in [-0.05, 0) is 6.92 Å². The van der Waals surface area contributed by atoms with E-state index < -0.39 is 67.3 Å². The van der Waals surface area contributed by atoms with E-state index in [-0.39, 0.29) is 6.08 Å². The highest BCUT2D eigenvalue weighted by Gasteiger charge is 2.51. The Balaban J connectivity index is 0. The van der Waals surface area contributed by atoms with E-state index in [2.05, 4.69) is 22.6 Å². The molecule has 182 valence electrons. The van der Waals surface area contributed by atoms with Crippen molar-refractivity contribution in [1.82, 2.24) is 0 Å². The molecule has 0 spiro atoms. The predicted octanol–water partition coefficient (Wildman–Crippen LogP) is 5.59. The van der Waals surface area contributed by atoms with E-state index in [9.17, 15) is 62.3 Å². The number of carbonyl (C=O) groups excluding carboxylic acids is 2. The van der Waals surface area contributed by atoms with Crippen molar-refractivity contribution < 1.29 is 71.7 Å². The molecule has 0 aliphatic rings. The van der Waals surface area contributed by atoms with Gasteiger partial charge in [-0.15, -0.1) is 0 Å². The van der Waals surface area contributed by atoms with Crippen molar-refractivity contribution in [2.45, 2.75) is 56.7 Å². The minimum absolute atomic E-state index is 0.286. The molecule has 0 aromatic carbocycles. The minimum atomic E-state index is -5.11. The third kappa shape index (κ3) is 14.3. The summed E-state index contributed by atoms with van der Waals surface area (Å²) in [6.45, 7) is 6.64. The molecule has 0 saturated carbocycles. The van der Waals surface area contributed by atoms with Crippen LogP contribution in [0.3, 0.4) is 0 Å². The molecule has 31 heavy (non-hydrogen) atoms. The molecule has 0 radical (unpaired) electrons. The van der Waals surface area contributed by atoms with Crippen LogP contribution in [0.15, 0.2) is 24.8 Å². The quantitative estimate of drug-likeness (QED) is 0.255. The van der Waals surface area contributed by atoms with Crippen molar-refractivity contribution in [3.8, 4) is 0 Å². The smallest absolute Gasteiger partial charge is 0.395 e. The summed E-state index contributed by atoms with van der Waals surface area (Å²) in [6.07, 6.45) is -31.7. The Morgan fingerprint density at radius 1 is 0.806 bits per heavy atom. The summed E-state index contributed by atoms with van der Waals surface area (Å²) < 4.78 is 151. The zero-order chi connectivity index (χ0) is 25.4. The monoisotopic (exact) mass is 486 g/mol. The largest absolute Gasteiger partial charge is 0.432 e. The van der Waals surface area contributed by atoms with Crippen LogP contribution in [0.1, 0.15) is 19.8 Å². The molecule has 16 heteroatoms. The van der Waals surface area contributed by atoms with Gasteiger partial charge in [0, 0.05) is 11.6 Å². The number of esters is 2. The maximum absolute atomic E-state index is 12.6. The van der Waals surface area contributed by atoms with Gasteiger partial charge in [-0.1, -0.05) is 13.2 Å². The van der Waals surface area contributed by atoms with Gasteiger partial charge in [0.25, 0.3) is 0 Å². The van der Waals surface area contributed by atoms with Gasteiger partial charge in [-0.2, -0.15) is 43.9 Å². The first-order valence-corrected chi connectivity index (χ1v) is 7.45. The second kappa shape index (κ2) is 11.3. The summed E-state index contributed by atoms with van der Waals surface area (Å²) >= 11 is 0. The number of carbonyl (C=O) groups is 2. The van der Waals surface area contributed by atoms with Crippen LogP contribution in [-0.4, -0.2) is 48.9 Å². The molecule has 2 atom stereocenters. The molecule has 0 aromatic rings. The molecule has 0 fully saturated rings. The number of hydrogen-bond donors (Lipinski definition) is 0. The van der Waals surface area contributed by atoms with Gasteiger partial charge in [-0.25, -0.2) is 18.4 Å². The van der Waals surface area contributed by atoms with Crippen LogP contribution in [0, 0.1) is 0 Å². The highest BCUT2D eigenvalue weighted by molar-refractivity contribution is 5.87. The maximum atomic E-state index is 12.6. The van der Waals surface area contributed by atoms with Crippen LogP contribution < -0.4 is 0 Å². The van der Waals surface area contributed by atoms with Crippen LogP contribution in [0.4, 0.5) is 52.7 Å². The first kappa shape index (κ1) is 30.8. The van der Waals surface area contributed by atoms with Crippen LogP contribution in [0.5, 0.6) is 0 Å². The summed E-state index contributed by atoms with van der Waals surface area (Å²) in [7, 11) is 0. The second-order valence-corrected chi connectivity index (χ2v) is 5.49. The van der Waals surface area contributed by atoms with Crippen molar-refractivity contribution >= 4 is 11.9 Å². The van der Waals surface area contributed by atoms with E-state index in [1.54, 1.807) is 0 Å². The molecule has 0 bridgehead atoms. The topological polar surface area (TPSA) is 52.6 Å². The summed E-state index contributed by atoms with van der Waals surface area (Å²) in [5.41, 5.74) is -0.473. The van der Waals surface area contributed by atoms with E-state index in [0.29, 0.717) is 0 Å². The predicted molar refractivity (Wildman–Crippen MR) is 78.2 cm³/mol. The number of ether oxygens (including phenoxy) is 2. The molecular weight excluding hydrogens is 472 g/mol. The fourth-order valence-electron chi connectivity index (χ4n) is 1.16. The summed E-state index contributed by atoms with van der Waals surface area (Å²) in [5.74, 6) is -3.36. The standard InChI is InChI=1S/C8H8F6O2.C7H6F6O2/c1-4(2)6(15)16-8(13,14)5(9)3-7(10,11)12;1-2-5(14)15-7(12,13)4(8)3-6(9,10)11/h5H,1,3H2,2H3;2,4H,1,3H2. The van der Waals surface area contributed by atoms with Crippen LogP contribution in [-0.2, 0) is 19.1 Å². The fourth-order valence-corrected chi connectivity index (χ4v) is 1.16. The molecule has 0 aliphatic heterocycles. The fraction of sp³-hybridized carbons (Fsp3) is 0.600. The molecule has 2 unspecified atom stereocenters. The van der Waals surface area contributed by atoms with E-state index in [1.165, 1.54) is 0 Å². The molecular formula is C15H14F12O4. The Morgan fingerprint density at radius 3 is 1.39 bits per heavy atom. The summed E-state index contributed by atoms with van der Waals surface area (Å²) in [4.78, 5) is 20.8. The first-order chi connectivity index (χ1) is 13.5. The van der Waals surface area contributed by atoms with Gasteiger partial charge >= 0.3 is 36.5 Å². The lowest BCUT2D eigenvalue weighted by Crippen LogP contribution is -2.38. The number of alkyl halides is 12. The van der Waals surface area contributed by atoms with E-state index in [4.69, 9.17) is 0 Å². The van der Waals surface area contributed by atoms with E-state index in [0.717, 1.165) is 6.92 Å². The van der Waals surface area contributed by atoms with Crippen molar-refractivity contribution in [3.63, 3.8) is 0 Å². The SMILES string of the molecule is C=C(C)C(=O)OC(F)(F)C(F)CC(F)(F)F.C=CC(=O)OC(F)(F)C(F)CC(F)(F)F.